The van der Waals surface area contributed by atoms with Gasteiger partial charge in [-0.1, -0.05) is 30.3 Å². The summed E-state index contributed by atoms with van der Waals surface area (Å²) in [6.07, 6.45) is 3.47. The lowest BCUT2D eigenvalue weighted by Crippen LogP contribution is -2.41. The molecule has 0 saturated carbocycles. The molecule has 2 saturated heterocycles. The van der Waals surface area contributed by atoms with E-state index in [9.17, 15) is 4.79 Å². The fraction of sp³-hybridized carbons (Fsp3) is 0.407. The smallest absolute Gasteiger partial charge is 0.274 e. The minimum absolute atomic E-state index is 0.0135. The minimum atomic E-state index is 0.0135. The summed E-state index contributed by atoms with van der Waals surface area (Å²) < 4.78 is 7.49. The zero-order valence-corrected chi connectivity index (χ0v) is 21.6. The van der Waals surface area contributed by atoms with Crippen molar-refractivity contribution in [3.63, 3.8) is 0 Å². The predicted molar refractivity (Wildman–Crippen MR) is 142 cm³/mol. The molecule has 0 bridgehead atoms. The first-order valence-corrected chi connectivity index (χ1v) is 14.5. The summed E-state index contributed by atoms with van der Waals surface area (Å²) in [7, 11) is 0. The van der Waals surface area contributed by atoms with Gasteiger partial charge < -0.3 is 9.64 Å². The average molecular weight is 507 g/mol. The number of benzene rings is 2. The molecule has 0 N–H and O–H groups in total. The van der Waals surface area contributed by atoms with Crippen LogP contribution in [0.3, 0.4) is 0 Å². The van der Waals surface area contributed by atoms with Gasteiger partial charge in [0.2, 0.25) is 0 Å². The van der Waals surface area contributed by atoms with Gasteiger partial charge in [-0.25, -0.2) is 4.68 Å². The summed E-state index contributed by atoms with van der Waals surface area (Å²) in [5.74, 6) is 0.765. The van der Waals surface area contributed by atoms with E-state index in [1.807, 2.05) is 21.3 Å². The highest BCUT2D eigenvalue weighted by atomic mass is 32.2. The third kappa shape index (κ3) is 4.53. The molecule has 0 spiro atoms. The number of likely N-dealkylation sites (tertiary alicyclic amines) is 1. The van der Waals surface area contributed by atoms with E-state index in [0.717, 1.165) is 53.1 Å². The van der Waals surface area contributed by atoms with Crippen LogP contribution < -0.4 is 0 Å². The molecule has 3 aliphatic rings. The van der Waals surface area contributed by atoms with Gasteiger partial charge in [0.15, 0.2) is 5.69 Å². The third-order valence-electron chi connectivity index (χ3n) is 7.12. The van der Waals surface area contributed by atoms with Crippen molar-refractivity contribution in [3.05, 3.63) is 65.4 Å². The van der Waals surface area contributed by atoms with Crippen LogP contribution in [0.25, 0.3) is 16.9 Å². The fourth-order valence-electron chi connectivity index (χ4n) is 5.25. The Morgan fingerprint density at radius 2 is 2.00 bits per heavy atom. The largest absolute Gasteiger partial charge is 0.378 e. The quantitative estimate of drug-likeness (QED) is 0.506. The topological polar surface area (TPSA) is 50.6 Å². The summed E-state index contributed by atoms with van der Waals surface area (Å²) in [5, 5.41) is 5.72. The first-order valence-electron chi connectivity index (χ1n) is 12.3. The van der Waals surface area contributed by atoms with Gasteiger partial charge >= 0.3 is 0 Å². The van der Waals surface area contributed by atoms with E-state index in [-0.39, 0.29) is 5.91 Å². The van der Waals surface area contributed by atoms with E-state index in [2.05, 4.69) is 59.7 Å². The second kappa shape index (κ2) is 10.0. The van der Waals surface area contributed by atoms with Gasteiger partial charge in [-0.05, 0) is 43.0 Å². The zero-order valence-electron chi connectivity index (χ0n) is 20.0. The molecule has 2 fully saturated rings. The van der Waals surface area contributed by atoms with Gasteiger partial charge in [0.25, 0.3) is 5.91 Å². The van der Waals surface area contributed by atoms with E-state index in [4.69, 9.17) is 9.84 Å². The van der Waals surface area contributed by atoms with Gasteiger partial charge in [-0.2, -0.15) is 16.9 Å². The molecule has 3 aliphatic heterocycles. The van der Waals surface area contributed by atoms with Crippen LogP contribution in [0.15, 0.2) is 53.4 Å². The van der Waals surface area contributed by atoms with Crippen LogP contribution in [0.2, 0.25) is 0 Å². The van der Waals surface area contributed by atoms with Crippen molar-refractivity contribution < 1.29 is 9.53 Å². The predicted octanol–water partition coefficient (Wildman–Crippen LogP) is 4.55. The van der Waals surface area contributed by atoms with Gasteiger partial charge in [0.1, 0.15) is 0 Å². The van der Waals surface area contributed by atoms with E-state index in [0.29, 0.717) is 32.0 Å². The maximum atomic E-state index is 13.6. The molecular formula is C27H30N4O2S2. The monoisotopic (exact) mass is 506 g/mol. The van der Waals surface area contributed by atoms with Crippen molar-refractivity contribution in [2.45, 2.75) is 28.9 Å². The zero-order chi connectivity index (χ0) is 23.8. The molecule has 0 radical (unpaired) electrons. The Kier molecular flexibility index (Phi) is 6.62. The highest BCUT2D eigenvalue weighted by Crippen LogP contribution is 2.44. The number of ether oxygens (including phenoxy) is 1. The number of thioether (sulfide) groups is 2. The lowest BCUT2D eigenvalue weighted by molar-refractivity contribution is 0.0298. The summed E-state index contributed by atoms with van der Waals surface area (Å²) in [6, 6.07) is 17.1. The van der Waals surface area contributed by atoms with E-state index < -0.39 is 0 Å². The molecular weight excluding hydrogens is 476 g/mol. The molecule has 1 unspecified atom stereocenters. The Labute approximate surface area is 215 Å². The van der Waals surface area contributed by atoms with Gasteiger partial charge in [0.05, 0.1) is 24.6 Å². The molecule has 6 nitrogen and oxygen atoms in total. The number of carbonyl (C=O) groups excluding carboxylic acids is 1. The van der Waals surface area contributed by atoms with Crippen molar-refractivity contribution in [2.24, 2.45) is 0 Å². The van der Waals surface area contributed by atoms with Gasteiger partial charge in [-0.15, -0.1) is 11.8 Å². The number of nitrogens with zero attached hydrogens (tertiary/aromatic N) is 4. The third-order valence-corrected chi connectivity index (χ3v) is 9.27. The number of hydrogen-bond donors (Lipinski definition) is 0. The molecule has 4 heterocycles. The van der Waals surface area contributed by atoms with Crippen molar-refractivity contribution in [3.8, 4) is 16.9 Å². The second-order valence-electron chi connectivity index (χ2n) is 9.33. The number of aromatic nitrogens is 2. The highest BCUT2D eigenvalue weighted by Gasteiger charge is 2.32. The summed E-state index contributed by atoms with van der Waals surface area (Å²) in [4.78, 5) is 19.2. The summed E-state index contributed by atoms with van der Waals surface area (Å²) in [5.41, 5.74) is 6.13. The molecule has 8 heteroatoms. The lowest BCUT2D eigenvalue weighted by atomic mass is 10.0. The number of amides is 1. The molecule has 182 valence electrons. The molecule has 1 aromatic heterocycles. The van der Waals surface area contributed by atoms with Crippen LogP contribution in [0.5, 0.6) is 0 Å². The van der Waals surface area contributed by atoms with Crippen LogP contribution in [-0.2, 0) is 17.0 Å². The maximum Gasteiger partial charge on any atom is 0.274 e. The van der Waals surface area contributed by atoms with Crippen LogP contribution in [0, 0.1) is 0 Å². The van der Waals surface area contributed by atoms with Crippen molar-refractivity contribution >= 4 is 29.4 Å². The van der Waals surface area contributed by atoms with Crippen LogP contribution >= 0.6 is 23.5 Å². The van der Waals surface area contributed by atoms with Crippen LogP contribution in [0.4, 0.5) is 0 Å². The Hall–Kier alpha value is -2.26. The molecule has 0 aliphatic carbocycles. The molecule has 6 rings (SSSR count). The Morgan fingerprint density at radius 3 is 2.83 bits per heavy atom. The Morgan fingerprint density at radius 1 is 1.14 bits per heavy atom. The van der Waals surface area contributed by atoms with Crippen molar-refractivity contribution in [2.75, 3.05) is 45.6 Å². The SMILES string of the molecule is CSC1CCN(Cc2cccc(-n3nc(C(=O)N4CCOCC4)c4c3-c3ccccc3SC4)c2)C1. The average Bonchev–Trinajstić information content (AvgIpc) is 3.54. The maximum absolute atomic E-state index is 13.6. The number of morpholine rings is 1. The lowest BCUT2D eigenvalue weighted by Gasteiger charge is -2.26. The fourth-order valence-corrected chi connectivity index (χ4v) is 7.02. The van der Waals surface area contributed by atoms with Crippen LogP contribution in [-0.4, -0.2) is 76.4 Å². The number of rotatable bonds is 5. The number of fused-ring (bicyclic) bond motifs is 3. The highest BCUT2D eigenvalue weighted by molar-refractivity contribution is 7.99. The van der Waals surface area contributed by atoms with Gasteiger partial charge in [-0.3, -0.25) is 9.69 Å². The van der Waals surface area contributed by atoms with E-state index in [1.165, 1.54) is 16.9 Å². The Balaban J connectivity index is 1.39. The molecule has 1 atom stereocenters. The molecule has 1 amide bonds. The molecule has 2 aromatic carbocycles. The summed E-state index contributed by atoms with van der Waals surface area (Å²) in [6.45, 7) is 5.64. The standard InChI is InChI=1S/C27H30N4O2S2/c1-34-21-9-10-29(17-21)16-19-5-4-6-20(15-19)31-26-22-7-2-3-8-24(22)35-18-23(26)25(28-31)27(32)30-11-13-33-14-12-30/h2-8,15,21H,9-14,16-18H2,1H3. The minimum Gasteiger partial charge on any atom is -0.378 e. The van der Waals surface area contributed by atoms with Crippen molar-refractivity contribution in [1.82, 2.24) is 19.6 Å². The van der Waals surface area contributed by atoms with E-state index in [1.54, 1.807) is 11.8 Å². The van der Waals surface area contributed by atoms with E-state index >= 15 is 0 Å². The first kappa shape index (κ1) is 23.2. The summed E-state index contributed by atoms with van der Waals surface area (Å²) >= 11 is 3.76. The van der Waals surface area contributed by atoms with Crippen molar-refractivity contribution in [1.29, 1.82) is 0 Å². The first-order chi connectivity index (χ1) is 17.2. The van der Waals surface area contributed by atoms with Gasteiger partial charge in [0, 0.05) is 53.2 Å². The van der Waals surface area contributed by atoms with Crippen LogP contribution in [0.1, 0.15) is 28.0 Å². The normalized spacial score (nSPS) is 20.0. The number of hydrogen-bond acceptors (Lipinski definition) is 6. The Bertz CT molecular complexity index is 1240. The number of carbonyl (C=O) groups is 1. The molecule has 3 aromatic rings. The molecule has 35 heavy (non-hydrogen) atoms. The second-order valence-corrected chi connectivity index (χ2v) is 11.5.